The Balaban J connectivity index is 1.36. The summed E-state index contributed by atoms with van der Waals surface area (Å²) < 4.78 is 1.80. The van der Waals surface area contributed by atoms with Gasteiger partial charge in [0.2, 0.25) is 11.8 Å². The summed E-state index contributed by atoms with van der Waals surface area (Å²) in [7, 11) is 0. The minimum Gasteiger partial charge on any atom is -0.340 e. The van der Waals surface area contributed by atoms with E-state index in [1.165, 1.54) is 17.5 Å². The molecule has 1 N–H and O–H groups in total. The number of aromatic nitrogens is 2. The van der Waals surface area contributed by atoms with Gasteiger partial charge in [-0.1, -0.05) is 30.3 Å². The number of para-hydroxylation sites is 1. The summed E-state index contributed by atoms with van der Waals surface area (Å²) in [4.78, 5) is 28.3. The third-order valence-corrected chi connectivity index (χ3v) is 6.56. The summed E-state index contributed by atoms with van der Waals surface area (Å²) >= 11 is 0. The van der Waals surface area contributed by atoms with Gasteiger partial charge in [0, 0.05) is 44.7 Å². The highest BCUT2D eigenvalue weighted by Gasteiger charge is 2.22. The second kappa shape index (κ2) is 9.19. The molecule has 7 heteroatoms. The SMILES string of the molecule is CC(=O)N1CCN(CC(=O)Nc2cc(-c3ccc4c(c3)CCC4)nn2-c2ccccc2)CC1. The van der Waals surface area contributed by atoms with Gasteiger partial charge in [-0.15, -0.1) is 0 Å². The van der Waals surface area contributed by atoms with Crippen LogP contribution >= 0.6 is 0 Å². The van der Waals surface area contributed by atoms with Crippen molar-refractivity contribution in [3.63, 3.8) is 0 Å². The molecule has 1 aromatic heterocycles. The van der Waals surface area contributed by atoms with E-state index in [1.54, 1.807) is 11.6 Å². The quantitative estimate of drug-likeness (QED) is 0.658. The van der Waals surface area contributed by atoms with E-state index in [1.807, 2.05) is 41.3 Å². The molecule has 33 heavy (non-hydrogen) atoms. The van der Waals surface area contributed by atoms with E-state index in [2.05, 4.69) is 28.4 Å². The Morgan fingerprint density at radius 3 is 2.45 bits per heavy atom. The zero-order chi connectivity index (χ0) is 22.8. The van der Waals surface area contributed by atoms with Crippen molar-refractivity contribution < 1.29 is 9.59 Å². The molecule has 5 rings (SSSR count). The number of nitrogens with one attached hydrogen (secondary N) is 1. The van der Waals surface area contributed by atoms with E-state index in [0.717, 1.165) is 29.8 Å². The first-order chi connectivity index (χ1) is 16.1. The lowest BCUT2D eigenvalue weighted by Crippen LogP contribution is -2.49. The number of hydrogen-bond acceptors (Lipinski definition) is 4. The second-order valence-electron chi connectivity index (χ2n) is 8.83. The van der Waals surface area contributed by atoms with Crippen LogP contribution in [0.4, 0.5) is 5.82 Å². The first-order valence-electron chi connectivity index (χ1n) is 11.6. The molecule has 0 unspecified atom stereocenters. The smallest absolute Gasteiger partial charge is 0.239 e. The largest absolute Gasteiger partial charge is 0.340 e. The van der Waals surface area contributed by atoms with Crippen molar-refractivity contribution in [2.45, 2.75) is 26.2 Å². The topological polar surface area (TPSA) is 70.5 Å². The molecule has 0 spiro atoms. The van der Waals surface area contributed by atoms with Crippen molar-refractivity contribution in [3.8, 4) is 16.9 Å². The summed E-state index contributed by atoms with van der Waals surface area (Å²) in [6.07, 6.45) is 3.47. The van der Waals surface area contributed by atoms with Crippen LogP contribution in [0.5, 0.6) is 0 Å². The van der Waals surface area contributed by atoms with Crippen LogP contribution in [0, 0.1) is 0 Å². The Kier molecular flexibility index (Phi) is 5.96. The fraction of sp³-hybridized carbons (Fsp3) is 0.346. The number of hydrogen-bond donors (Lipinski definition) is 1. The fourth-order valence-electron chi connectivity index (χ4n) is 4.71. The molecule has 2 aliphatic rings. The van der Waals surface area contributed by atoms with Crippen LogP contribution in [-0.4, -0.2) is 64.1 Å². The zero-order valence-corrected chi connectivity index (χ0v) is 19.0. The highest BCUT2D eigenvalue weighted by Crippen LogP contribution is 2.30. The van der Waals surface area contributed by atoms with Crippen LogP contribution in [0.2, 0.25) is 0 Å². The van der Waals surface area contributed by atoms with Gasteiger partial charge in [-0.25, -0.2) is 4.68 Å². The van der Waals surface area contributed by atoms with Crippen LogP contribution in [0.25, 0.3) is 16.9 Å². The number of piperazine rings is 1. The van der Waals surface area contributed by atoms with E-state index in [-0.39, 0.29) is 11.8 Å². The molecule has 170 valence electrons. The molecule has 2 heterocycles. The maximum atomic E-state index is 12.9. The number of rotatable bonds is 5. The molecule has 1 saturated heterocycles. The highest BCUT2D eigenvalue weighted by atomic mass is 16.2. The molecule has 3 aromatic rings. The summed E-state index contributed by atoms with van der Waals surface area (Å²) in [5, 5.41) is 7.92. The maximum Gasteiger partial charge on any atom is 0.239 e. The third-order valence-electron chi connectivity index (χ3n) is 6.56. The molecule has 1 fully saturated rings. The predicted molar refractivity (Wildman–Crippen MR) is 128 cm³/mol. The standard InChI is InChI=1S/C26H29N5O2/c1-19(32)30-14-12-29(13-15-30)18-26(33)27-25-17-24(28-31(25)23-8-3-2-4-9-23)22-11-10-20-6-5-7-21(20)16-22/h2-4,8-11,16-17H,5-7,12-15,18H2,1H3,(H,27,33). The second-order valence-corrected chi connectivity index (χ2v) is 8.83. The van der Waals surface area contributed by atoms with Gasteiger partial charge in [0.1, 0.15) is 5.82 Å². The molecule has 0 radical (unpaired) electrons. The number of amides is 2. The lowest BCUT2D eigenvalue weighted by Gasteiger charge is -2.33. The van der Waals surface area contributed by atoms with Gasteiger partial charge >= 0.3 is 0 Å². The molecule has 0 saturated carbocycles. The van der Waals surface area contributed by atoms with Gasteiger partial charge in [-0.2, -0.15) is 5.10 Å². The normalized spacial score (nSPS) is 16.0. The van der Waals surface area contributed by atoms with Crippen molar-refractivity contribution in [1.82, 2.24) is 19.6 Å². The molecule has 0 atom stereocenters. The first-order valence-corrected chi connectivity index (χ1v) is 11.6. The van der Waals surface area contributed by atoms with Crippen molar-refractivity contribution >= 4 is 17.6 Å². The molecule has 2 amide bonds. The maximum absolute atomic E-state index is 12.9. The number of fused-ring (bicyclic) bond motifs is 1. The molecular weight excluding hydrogens is 414 g/mol. The van der Waals surface area contributed by atoms with Crippen molar-refractivity contribution in [1.29, 1.82) is 0 Å². The van der Waals surface area contributed by atoms with E-state index in [9.17, 15) is 9.59 Å². The summed E-state index contributed by atoms with van der Waals surface area (Å²) in [6, 6.07) is 18.4. The molecule has 2 aromatic carbocycles. The fourth-order valence-corrected chi connectivity index (χ4v) is 4.71. The summed E-state index contributed by atoms with van der Waals surface area (Å²) in [5.41, 5.74) is 5.65. The van der Waals surface area contributed by atoms with Crippen LogP contribution in [-0.2, 0) is 22.4 Å². The van der Waals surface area contributed by atoms with E-state index in [4.69, 9.17) is 5.10 Å². The zero-order valence-electron chi connectivity index (χ0n) is 19.0. The Bertz CT molecular complexity index is 1160. The molecule has 1 aliphatic heterocycles. The van der Waals surface area contributed by atoms with Gasteiger partial charge in [0.05, 0.1) is 17.9 Å². The van der Waals surface area contributed by atoms with Crippen LogP contribution < -0.4 is 5.32 Å². The first kappa shape index (κ1) is 21.4. The van der Waals surface area contributed by atoms with Crippen LogP contribution in [0.3, 0.4) is 0 Å². The molecule has 0 bridgehead atoms. The van der Waals surface area contributed by atoms with Crippen LogP contribution in [0.15, 0.2) is 54.6 Å². The summed E-state index contributed by atoms with van der Waals surface area (Å²) in [6.45, 7) is 4.60. The predicted octanol–water partition coefficient (Wildman–Crippen LogP) is 3.13. The Morgan fingerprint density at radius 1 is 0.939 bits per heavy atom. The Morgan fingerprint density at radius 2 is 1.70 bits per heavy atom. The molecular formula is C26H29N5O2. The minimum absolute atomic E-state index is 0.0798. The van der Waals surface area contributed by atoms with Gasteiger partial charge in [-0.05, 0) is 48.6 Å². The Hall–Kier alpha value is -3.45. The monoisotopic (exact) mass is 443 g/mol. The van der Waals surface area contributed by atoms with Gasteiger partial charge in [0.15, 0.2) is 0 Å². The van der Waals surface area contributed by atoms with Crippen LogP contribution in [0.1, 0.15) is 24.5 Å². The number of nitrogens with zero attached hydrogens (tertiary/aromatic N) is 4. The number of carbonyl (C=O) groups excluding carboxylic acids is 2. The number of carbonyl (C=O) groups is 2. The van der Waals surface area contributed by atoms with Crippen molar-refractivity contribution in [2.24, 2.45) is 0 Å². The number of aryl methyl sites for hydroxylation is 2. The average Bonchev–Trinajstić information content (AvgIpc) is 3.46. The summed E-state index contributed by atoms with van der Waals surface area (Å²) in [5.74, 6) is 0.665. The van der Waals surface area contributed by atoms with E-state index < -0.39 is 0 Å². The van der Waals surface area contributed by atoms with Gasteiger partial charge in [-0.3, -0.25) is 14.5 Å². The third kappa shape index (κ3) is 4.68. The average molecular weight is 444 g/mol. The minimum atomic E-state index is -0.0798. The lowest BCUT2D eigenvalue weighted by atomic mass is 10.0. The van der Waals surface area contributed by atoms with Crippen molar-refractivity contribution in [3.05, 3.63) is 65.7 Å². The van der Waals surface area contributed by atoms with Crippen molar-refractivity contribution in [2.75, 3.05) is 38.0 Å². The molecule has 7 nitrogen and oxygen atoms in total. The van der Waals surface area contributed by atoms with E-state index >= 15 is 0 Å². The Labute approximate surface area is 194 Å². The van der Waals surface area contributed by atoms with E-state index in [0.29, 0.717) is 38.5 Å². The lowest BCUT2D eigenvalue weighted by molar-refractivity contribution is -0.130. The highest BCUT2D eigenvalue weighted by molar-refractivity contribution is 5.92. The van der Waals surface area contributed by atoms with Gasteiger partial charge < -0.3 is 10.2 Å². The van der Waals surface area contributed by atoms with Gasteiger partial charge in [0.25, 0.3) is 0 Å². The number of anilines is 1. The number of benzene rings is 2. The molecule has 1 aliphatic carbocycles.